The minimum atomic E-state index is -0.392. The van der Waals surface area contributed by atoms with E-state index in [0.717, 1.165) is 4.57 Å². The molecule has 1 N–H and O–H groups in total. The van der Waals surface area contributed by atoms with Crippen LogP contribution >= 0.6 is 11.6 Å². The third-order valence-corrected chi connectivity index (χ3v) is 3.51. The van der Waals surface area contributed by atoms with E-state index in [0.29, 0.717) is 22.0 Å². The van der Waals surface area contributed by atoms with E-state index in [-0.39, 0.29) is 12.1 Å². The van der Waals surface area contributed by atoms with Crippen LogP contribution in [0.5, 0.6) is 0 Å². The molecule has 6 nitrogen and oxygen atoms in total. The van der Waals surface area contributed by atoms with Crippen LogP contribution < -0.4 is 16.6 Å². The molecule has 0 atom stereocenters. The van der Waals surface area contributed by atoms with Crippen molar-refractivity contribution in [3.8, 4) is 6.07 Å². The smallest absolute Gasteiger partial charge is 0.330 e. The van der Waals surface area contributed by atoms with Crippen molar-refractivity contribution in [3.05, 3.63) is 61.4 Å². The molecule has 0 unspecified atom stereocenters. The number of nitriles is 1. The molecule has 0 amide bonds. The number of benzene rings is 1. The van der Waals surface area contributed by atoms with E-state index in [1.807, 2.05) is 6.07 Å². The Bertz CT molecular complexity index is 846. The average molecular weight is 305 g/mol. The Hall–Kier alpha value is -2.52. The summed E-state index contributed by atoms with van der Waals surface area (Å²) in [6.07, 6.45) is 0. The topological polar surface area (TPSA) is 79.8 Å². The van der Waals surface area contributed by atoms with Crippen LogP contribution in [0.25, 0.3) is 0 Å². The Kier molecular flexibility index (Phi) is 4.15. The Morgan fingerprint density at radius 1 is 1.24 bits per heavy atom. The fourth-order valence-corrected chi connectivity index (χ4v) is 2.05. The van der Waals surface area contributed by atoms with Crippen molar-refractivity contribution < 1.29 is 0 Å². The summed E-state index contributed by atoms with van der Waals surface area (Å²) in [4.78, 5) is 23.5. The van der Waals surface area contributed by atoms with Crippen molar-refractivity contribution in [2.75, 3.05) is 5.32 Å². The highest BCUT2D eigenvalue weighted by molar-refractivity contribution is 6.33. The Labute approximate surface area is 125 Å². The quantitative estimate of drug-likeness (QED) is 0.924. The third kappa shape index (κ3) is 2.98. The molecule has 7 heteroatoms. The summed E-state index contributed by atoms with van der Waals surface area (Å²) in [6.45, 7) is 0.246. The van der Waals surface area contributed by atoms with Gasteiger partial charge in [-0.3, -0.25) is 13.9 Å². The third-order valence-electron chi connectivity index (χ3n) is 3.18. The van der Waals surface area contributed by atoms with Crippen LogP contribution in [0.2, 0.25) is 5.02 Å². The first kappa shape index (κ1) is 14.9. The monoisotopic (exact) mass is 304 g/mol. The molecule has 1 aromatic heterocycles. The van der Waals surface area contributed by atoms with E-state index in [1.165, 1.54) is 17.7 Å². The molecule has 1 aromatic carbocycles. The van der Waals surface area contributed by atoms with Crippen molar-refractivity contribution in [1.82, 2.24) is 9.13 Å². The molecule has 2 rings (SSSR count). The summed E-state index contributed by atoms with van der Waals surface area (Å²) in [6, 6.07) is 8.25. The Morgan fingerprint density at radius 3 is 2.62 bits per heavy atom. The van der Waals surface area contributed by atoms with Gasteiger partial charge < -0.3 is 5.32 Å². The number of hydrogen-bond donors (Lipinski definition) is 1. The predicted octanol–water partition coefficient (Wildman–Crippen LogP) is 1.22. The molecule has 2 aromatic rings. The number of nitrogens with one attached hydrogen (secondary N) is 1. The lowest BCUT2D eigenvalue weighted by Gasteiger charge is -2.12. The minimum absolute atomic E-state index is 0.246. The number of anilines is 1. The van der Waals surface area contributed by atoms with Gasteiger partial charge in [0.15, 0.2) is 0 Å². The van der Waals surface area contributed by atoms with Crippen molar-refractivity contribution >= 4 is 17.3 Å². The maximum absolute atomic E-state index is 11.8. The van der Waals surface area contributed by atoms with Gasteiger partial charge in [-0.1, -0.05) is 11.6 Å². The first-order valence-electron chi connectivity index (χ1n) is 6.13. The summed E-state index contributed by atoms with van der Waals surface area (Å²) < 4.78 is 2.42. The lowest BCUT2D eigenvalue weighted by molar-refractivity contribution is 0.655. The van der Waals surface area contributed by atoms with Gasteiger partial charge >= 0.3 is 5.69 Å². The molecule has 0 spiro atoms. The number of nitrogens with zero attached hydrogens (tertiary/aromatic N) is 3. The first-order chi connectivity index (χ1) is 9.93. The first-order valence-corrected chi connectivity index (χ1v) is 6.51. The van der Waals surface area contributed by atoms with Crippen LogP contribution in [0.4, 0.5) is 5.69 Å². The second kappa shape index (κ2) is 5.85. The largest absolute Gasteiger partial charge is 0.378 e. The van der Waals surface area contributed by atoms with E-state index in [2.05, 4.69) is 5.32 Å². The molecular weight excluding hydrogens is 292 g/mol. The van der Waals surface area contributed by atoms with Gasteiger partial charge in [0.2, 0.25) is 0 Å². The summed E-state index contributed by atoms with van der Waals surface area (Å²) in [5, 5.41) is 12.4. The molecule has 0 bridgehead atoms. The zero-order valence-electron chi connectivity index (χ0n) is 11.6. The Morgan fingerprint density at radius 2 is 1.95 bits per heavy atom. The molecule has 0 fully saturated rings. The number of aromatic nitrogens is 2. The fraction of sp³-hybridized carbons (Fsp3) is 0.214. The molecule has 0 aliphatic rings. The summed E-state index contributed by atoms with van der Waals surface area (Å²) in [7, 11) is 3.02. The SMILES string of the molecule is Cn1c(CNc2cc(C#N)ccc2Cl)cc(=O)n(C)c1=O. The molecule has 0 aliphatic carbocycles. The molecule has 108 valence electrons. The molecule has 0 saturated heterocycles. The van der Waals surface area contributed by atoms with Crippen LogP contribution in [0.1, 0.15) is 11.3 Å². The van der Waals surface area contributed by atoms with E-state index in [9.17, 15) is 9.59 Å². The fourth-order valence-electron chi connectivity index (χ4n) is 1.86. The van der Waals surface area contributed by atoms with E-state index < -0.39 is 5.69 Å². The standard InChI is InChI=1S/C14H13ClN4O2/c1-18-10(6-13(20)19(2)14(18)21)8-17-12-5-9(7-16)3-4-11(12)15/h3-6,17H,8H2,1-2H3. The average Bonchev–Trinajstić information content (AvgIpc) is 2.49. The lowest BCUT2D eigenvalue weighted by atomic mass is 10.2. The van der Waals surface area contributed by atoms with Crippen LogP contribution in [0.3, 0.4) is 0 Å². The predicted molar refractivity (Wildman–Crippen MR) is 80.4 cm³/mol. The summed E-state index contributed by atoms with van der Waals surface area (Å²) in [5.41, 5.74) is 0.813. The second-order valence-corrected chi connectivity index (χ2v) is 4.94. The maximum atomic E-state index is 11.8. The van der Waals surface area contributed by atoms with Gasteiger partial charge in [0.25, 0.3) is 5.56 Å². The Balaban J connectivity index is 2.32. The number of hydrogen-bond acceptors (Lipinski definition) is 4. The summed E-state index contributed by atoms with van der Waals surface area (Å²) >= 11 is 6.04. The van der Waals surface area contributed by atoms with Gasteiger partial charge in [-0.15, -0.1) is 0 Å². The normalized spacial score (nSPS) is 10.2. The van der Waals surface area contributed by atoms with Crippen LogP contribution in [-0.2, 0) is 20.6 Å². The van der Waals surface area contributed by atoms with Crippen LogP contribution in [-0.4, -0.2) is 9.13 Å². The number of rotatable bonds is 3. The molecular formula is C14H13ClN4O2. The van der Waals surface area contributed by atoms with Crippen LogP contribution in [0.15, 0.2) is 33.9 Å². The van der Waals surface area contributed by atoms with Gasteiger partial charge in [0.05, 0.1) is 28.9 Å². The van der Waals surface area contributed by atoms with Gasteiger partial charge in [0, 0.05) is 25.9 Å². The zero-order valence-corrected chi connectivity index (χ0v) is 12.3. The van der Waals surface area contributed by atoms with Gasteiger partial charge in [0.1, 0.15) is 0 Å². The van der Waals surface area contributed by atoms with Crippen molar-refractivity contribution in [2.45, 2.75) is 6.54 Å². The summed E-state index contributed by atoms with van der Waals surface area (Å²) in [5.74, 6) is 0. The maximum Gasteiger partial charge on any atom is 0.330 e. The molecule has 1 heterocycles. The molecule has 0 radical (unpaired) electrons. The minimum Gasteiger partial charge on any atom is -0.378 e. The number of halogens is 1. The molecule has 21 heavy (non-hydrogen) atoms. The van der Waals surface area contributed by atoms with Crippen molar-refractivity contribution in [1.29, 1.82) is 5.26 Å². The van der Waals surface area contributed by atoms with E-state index in [4.69, 9.17) is 16.9 Å². The van der Waals surface area contributed by atoms with Crippen molar-refractivity contribution in [2.24, 2.45) is 14.1 Å². The van der Waals surface area contributed by atoms with E-state index >= 15 is 0 Å². The second-order valence-electron chi connectivity index (χ2n) is 4.53. The molecule has 0 saturated carbocycles. The molecule has 0 aliphatic heterocycles. The van der Waals surface area contributed by atoms with Gasteiger partial charge in [-0.25, -0.2) is 4.79 Å². The highest BCUT2D eigenvalue weighted by atomic mass is 35.5. The van der Waals surface area contributed by atoms with E-state index in [1.54, 1.807) is 25.2 Å². The lowest BCUT2D eigenvalue weighted by Crippen LogP contribution is -2.38. The van der Waals surface area contributed by atoms with Crippen LogP contribution in [0, 0.1) is 11.3 Å². The van der Waals surface area contributed by atoms with Gasteiger partial charge in [-0.05, 0) is 18.2 Å². The van der Waals surface area contributed by atoms with Crippen molar-refractivity contribution in [3.63, 3.8) is 0 Å². The zero-order chi connectivity index (χ0) is 15.6. The highest BCUT2D eigenvalue weighted by Crippen LogP contribution is 2.23. The highest BCUT2D eigenvalue weighted by Gasteiger charge is 2.07. The van der Waals surface area contributed by atoms with Gasteiger partial charge in [-0.2, -0.15) is 5.26 Å².